The molecule has 21 heavy (non-hydrogen) atoms. The molecule has 4 rings (SSSR count). The molecule has 1 aromatic carbocycles. The number of rotatable bonds is 3. The third-order valence-corrected chi connectivity index (χ3v) is 3.79. The Morgan fingerprint density at radius 2 is 2.10 bits per heavy atom. The summed E-state index contributed by atoms with van der Waals surface area (Å²) in [6.07, 6.45) is 5.32. The lowest BCUT2D eigenvalue weighted by atomic mass is 10.3. The van der Waals surface area contributed by atoms with Crippen molar-refractivity contribution in [1.82, 2.24) is 19.3 Å². The van der Waals surface area contributed by atoms with Gasteiger partial charge in [-0.25, -0.2) is 14.1 Å². The maximum Gasteiger partial charge on any atom is 0.264 e. The van der Waals surface area contributed by atoms with E-state index in [0.29, 0.717) is 29.2 Å². The first kappa shape index (κ1) is 12.3. The van der Waals surface area contributed by atoms with E-state index in [4.69, 9.17) is 0 Å². The number of halogens is 1. The molecule has 0 atom stereocenters. The van der Waals surface area contributed by atoms with Gasteiger partial charge < -0.3 is 0 Å². The fourth-order valence-corrected chi connectivity index (χ4v) is 2.46. The Kier molecular flexibility index (Phi) is 2.63. The Bertz CT molecular complexity index is 879. The van der Waals surface area contributed by atoms with Crippen LogP contribution in [0.15, 0.2) is 41.6 Å². The van der Waals surface area contributed by atoms with Gasteiger partial charge >= 0.3 is 0 Å². The van der Waals surface area contributed by atoms with Gasteiger partial charge in [-0.2, -0.15) is 5.10 Å². The van der Waals surface area contributed by atoms with Crippen molar-refractivity contribution in [1.29, 1.82) is 0 Å². The normalized spacial score (nSPS) is 14.7. The highest BCUT2D eigenvalue weighted by molar-refractivity contribution is 5.74. The number of para-hydroxylation sites is 1. The van der Waals surface area contributed by atoms with Gasteiger partial charge in [0.1, 0.15) is 16.9 Å². The van der Waals surface area contributed by atoms with Crippen LogP contribution >= 0.6 is 0 Å². The van der Waals surface area contributed by atoms with E-state index in [-0.39, 0.29) is 5.56 Å². The zero-order valence-corrected chi connectivity index (χ0v) is 11.2. The van der Waals surface area contributed by atoms with Crippen LogP contribution < -0.4 is 5.56 Å². The zero-order valence-electron chi connectivity index (χ0n) is 11.2. The molecule has 0 aliphatic heterocycles. The smallest absolute Gasteiger partial charge is 0.264 e. The maximum atomic E-state index is 13.9. The standard InChI is InChI=1S/C15H13FN4O/c16-12-3-1-2-4-13(12)20-14-11(7-18-20)15(21)19(9-17-14)8-10-5-6-10/h1-4,7,9-10H,5-6,8H2. The van der Waals surface area contributed by atoms with Crippen molar-refractivity contribution in [2.75, 3.05) is 0 Å². The lowest BCUT2D eigenvalue weighted by molar-refractivity contribution is 0.599. The summed E-state index contributed by atoms with van der Waals surface area (Å²) in [6.45, 7) is 0.701. The molecule has 0 bridgehead atoms. The molecule has 3 aromatic rings. The second-order valence-electron chi connectivity index (χ2n) is 5.39. The predicted octanol–water partition coefficient (Wildman–Crippen LogP) is 2.13. The molecule has 106 valence electrons. The third-order valence-electron chi connectivity index (χ3n) is 3.79. The Labute approximate surface area is 119 Å². The van der Waals surface area contributed by atoms with Gasteiger partial charge in [0.15, 0.2) is 5.65 Å². The van der Waals surface area contributed by atoms with Crippen molar-refractivity contribution in [3.05, 3.63) is 53.0 Å². The van der Waals surface area contributed by atoms with Crippen LogP contribution in [0.2, 0.25) is 0 Å². The molecule has 2 aromatic heterocycles. The van der Waals surface area contributed by atoms with Crippen molar-refractivity contribution >= 4 is 11.0 Å². The third kappa shape index (κ3) is 2.03. The van der Waals surface area contributed by atoms with Crippen molar-refractivity contribution in [2.45, 2.75) is 19.4 Å². The molecule has 0 spiro atoms. The summed E-state index contributed by atoms with van der Waals surface area (Å²) in [4.78, 5) is 16.7. The fraction of sp³-hybridized carbons (Fsp3) is 0.267. The number of hydrogen-bond donors (Lipinski definition) is 0. The second-order valence-corrected chi connectivity index (χ2v) is 5.39. The van der Waals surface area contributed by atoms with Gasteiger partial charge in [0, 0.05) is 6.54 Å². The Hall–Kier alpha value is -2.50. The lowest BCUT2D eigenvalue weighted by Gasteiger charge is -2.06. The highest BCUT2D eigenvalue weighted by atomic mass is 19.1. The molecule has 1 aliphatic carbocycles. The average Bonchev–Trinajstić information content (AvgIpc) is 3.20. The van der Waals surface area contributed by atoms with Crippen molar-refractivity contribution in [2.24, 2.45) is 5.92 Å². The minimum absolute atomic E-state index is 0.116. The van der Waals surface area contributed by atoms with Crippen molar-refractivity contribution < 1.29 is 4.39 Å². The quantitative estimate of drug-likeness (QED) is 0.740. The molecule has 1 fully saturated rings. The molecule has 0 saturated heterocycles. The van der Waals surface area contributed by atoms with Crippen LogP contribution in [-0.2, 0) is 6.54 Å². The average molecular weight is 284 g/mol. The second kappa shape index (κ2) is 4.51. The van der Waals surface area contributed by atoms with Gasteiger partial charge in [-0.3, -0.25) is 9.36 Å². The van der Waals surface area contributed by atoms with Crippen LogP contribution in [0.5, 0.6) is 0 Å². The van der Waals surface area contributed by atoms with E-state index in [1.54, 1.807) is 22.8 Å². The van der Waals surface area contributed by atoms with E-state index < -0.39 is 5.82 Å². The molecule has 6 heteroatoms. The first-order valence-corrected chi connectivity index (χ1v) is 6.92. The number of nitrogens with zero attached hydrogens (tertiary/aromatic N) is 4. The summed E-state index contributed by atoms with van der Waals surface area (Å²) in [5.74, 6) is 0.190. The van der Waals surface area contributed by atoms with Crippen molar-refractivity contribution in [3.63, 3.8) is 0 Å². The monoisotopic (exact) mass is 284 g/mol. The topological polar surface area (TPSA) is 52.7 Å². The molecule has 0 unspecified atom stereocenters. The van der Waals surface area contributed by atoms with Crippen LogP contribution in [0.25, 0.3) is 16.7 Å². The molecule has 2 heterocycles. The predicted molar refractivity (Wildman–Crippen MR) is 75.8 cm³/mol. The highest BCUT2D eigenvalue weighted by Crippen LogP contribution is 2.30. The first-order chi connectivity index (χ1) is 10.2. The fourth-order valence-electron chi connectivity index (χ4n) is 2.46. The van der Waals surface area contributed by atoms with Gasteiger partial charge in [0.05, 0.1) is 12.5 Å². The number of fused-ring (bicyclic) bond motifs is 1. The van der Waals surface area contributed by atoms with Gasteiger partial charge in [0.25, 0.3) is 5.56 Å². The van der Waals surface area contributed by atoms with E-state index in [9.17, 15) is 9.18 Å². The Morgan fingerprint density at radius 3 is 2.86 bits per heavy atom. The van der Waals surface area contributed by atoms with E-state index >= 15 is 0 Å². The first-order valence-electron chi connectivity index (χ1n) is 6.92. The highest BCUT2D eigenvalue weighted by Gasteiger charge is 2.23. The summed E-state index contributed by atoms with van der Waals surface area (Å²) < 4.78 is 16.9. The van der Waals surface area contributed by atoms with Crippen molar-refractivity contribution in [3.8, 4) is 5.69 Å². The molecule has 0 N–H and O–H groups in total. The molecule has 0 amide bonds. The van der Waals surface area contributed by atoms with Gasteiger partial charge in [-0.05, 0) is 30.9 Å². The molecule has 0 radical (unpaired) electrons. The number of aromatic nitrogens is 4. The summed E-state index contributed by atoms with van der Waals surface area (Å²) in [6, 6.07) is 6.30. The Balaban J connectivity index is 1.87. The number of hydrogen-bond acceptors (Lipinski definition) is 3. The SMILES string of the molecule is O=c1c2cnn(-c3ccccc3F)c2ncn1CC1CC1. The summed E-state index contributed by atoms with van der Waals surface area (Å²) in [5.41, 5.74) is 0.561. The van der Waals surface area contributed by atoms with Crippen LogP contribution in [0.3, 0.4) is 0 Å². The zero-order chi connectivity index (χ0) is 14.4. The molecule has 1 saturated carbocycles. The minimum Gasteiger partial charge on any atom is -0.298 e. The van der Waals surface area contributed by atoms with Gasteiger partial charge in [-0.1, -0.05) is 12.1 Å². The molecule has 5 nitrogen and oxygen atoms in total. The molecular formula is C15H13FN4O. The van der Waals surface area contributed by atoms with Crippen LogP contribution in [-0.4, -0.2) is 19.3 Å². The summed E-state index contributed by atoms with van der Waals surface area (Å²) in [5, 5.41) is 4.54. The largest absolute Gasteiger partial charge is 0.298 e. The summed E-state index contributed by atoms with van der Waals surface area (Å²) in [7, 11) is 0. The minimum atomic E-state index is -0.397. The van der Waals surface area contributed by atoms with Crippen LogP contribution in [0.4, 0.5) is 4.39 Å². The molecular weight excluding hydrogens is 271 g/mol. The summed E-state index contributed by atoms with van der Waals surface area (Å²) >= 11 is 0. The van der Waals surface area contributed by atoms with E-state index in [2.05, 4.69) is 10.1 Å². The van der Waals surface area contributed by atoms with Gasteiger partial charge in [-0.15, -0.1) is 0 Å². The lowest BCUT2D eigenvalue weighted by Crippen LogP contribution is -2.21. The Morgan fingerprint density at radius 1 is 1.29 bits per heavy atom. The van der Waals surface area contributed by atoms with Crippen LogP contribution in [0, 0.1) is 11.7 Å². The molecule has 1 aliphatic rings. The number of benzene rings is 1. The van der Waals surface area contributed by atoms with E-state index in [0.717, 1.165) is 0 Å². The van der Waals surface area contributed by atoms with E-state index in [1.165, 1.54) is 36.1 Å². The van der Waals surface area contributed by atoms with E-state index in [1.807, 2.05) is 0 Å². The maximum absolute atomic E-state index is 13.9. The van der Waals surface area contributed by atoms with Crippen LogP contribution in [0.1, 0.15) is 12.8 Å². The van der Waals surface area contributed by atoms with Gasteiger partial charge in [0.2, 0.25) is 0 Å².